The van der Waals surface area contributed by atoms with Gasteiger partial charge in [-0.25, -0.2) is 9.97 Å². The predicted octanol–water partition coefficient (Wildman–Crippen LogP) is 4.64. The Kier molecular flexibility index (Phi) is 4.99. The van der Waals surface area contributed by atoms with Gasteiger partial charge in [0.05, 0.1) is 11.0 Å². The predicted molar refractivity (Wildman–Crippen MR) is 101 cm³/mol. The molecule has 0 bridgehead atoms. The molecule has 0 aliphatic heterocycles. The third kappa shape index (κ3) is 3.50. The Hall–Kier alpha value is -2.56. The van der Waals surface area contributed by atoms with Gasteiger partial charge in [-0.1, -0.05) is 19.9 Å². The van der Waals surface area contributed by atoms with Crippen LogP contribution in [-0.4, -0.2) is 28.0 Å². The summed E-state index contributed by atoms with van der Waals surface area (Å²) in [6.07, 6.45) is 4.07. The first-order valence-electron chi connectivity index (χ1n) is 8.64. The molecule has 0 amide bonds. The first-order valence-corrected chi connectivity index (χ1v) is 8.64. The van der Waals surface area contributed by atoms with Gasteiger partial charge in [0.15, 0.2) is 0 Å². The van der Waals surface area contributed by atoms with E-state index < -0.39 is 0 Å². The number of aryl methyl sites for hydroxylation is 1. The lowest BCUT2D eigenvalue weighted by Crippen LogP contribution is -2.24. The number of aromatic nitrogens is 3. The number of pyridine rings is 1. The lowest BCUT2D eigenvalue weighted by Gasteiger charge is -2.23. The van der Waals surface area contributed by atoms with Crippen LogP contribution in [0.3, 0.4) is 0 Å². The normalized spacial score (nSPS) is 11.0. The maximum Gasteiger partial charge on any atom is 0.206 e. The van der Waals surface area contributed by atoms with Crippen LogP contribution in [0.2, 0.25) is 0 Å². The average molecular weight is 323 g/mol. The molecule has 0 fully saturated rings. The van der Waals surface area contributed by atoms with Crippen molar-refractivity contribution in [3.63, 3.8) is 0 Å². The second-order valence-corrected chi connectivity index (χ2v) is 6.07. The minimum absolute atomic E-state index is 0.724. The Morgan fingerprint density at radius 1 is 1.12 bits per heavy atom. The van der Waals surface area contributed by atoms with Crippen LogP contribution in [-0.2, 0) is 0 Å². The number of anilines is 3. The fraction of sp³-hybridized carbons (Fsp3) is 0.368. The molecular formula is C19H25N5. The molecule has 3 aromatic rings. The molecular weight excluding hydrogens is 298 g/mol. The van der Waals surface area contributed by atoms with E-state index in [1.165, 1.54) is 5.69 Å². The molecule has 0 saturated carbocycles. The van der Waals surface area contributed by atoms with E-state index in [0.717, 1.165) is 54.3 Å². The van der Waals surface area contributed by atoms with E-state index in [4.69, 9.17) is 0 Å². The summed E-state index contributed by atoms with van der Waals surface area (Å²) >= 11 is 0. The molecule has 1 aromatic carbocycles. The monoisotopic (exact) mass is 323 g/mol. The van der Waals surface area contributed by atoms with Gasteiger partial charge < -0.3 is 15.2 Å². The summed E-state index contributed by atoms with van der Waals surface area (Å²) in [6.45, 7) is 8.62. The molecule has 0 atom stereocenters. The van der Waals surface area contributed by atoms with Gasteiger partial charge in [0.2, 0.25) is 5.95 Å². The first kappa shape index (κ1) is 16.3. The largest absolute Gasteiger partial charge is 0.371 e. The summed E-state index contributed by atoms with van der Waals surface area (Å²) in [7, 11) is 0. The molecule has 0 aliphatic carbocycles. The fourth-order valence-electron chi connectivity index (χ4n) is 2.89. The van der Waals surface area contributed by atoms with E-state index >= 15 is 0 Å². The van der Waals surface area contributed by atoms with Crippen LogP contribution in [0.4, 0.5) is 17.5 Å². The van der Waals surface area contributed by atoms with Gasteiger partial charge in [-0.05, 0) is 49.6 Å². The topological polar surface area (TPSA) is 56.8 Å². The zero-order chi connectivity index (χ0) is 16.9. The van der Waals surface area contributed by atoms with Gasteiger partial charge in [-0.3, -0.25) is 0 Å². The smallest absolute Gasteiger partial charge is 0.206 e. The zero-order valence-corrected chi connectivity index (χ0v) is 14.6. The number of hydrogen-bond donors (Lipinski definition) is 2. The highest BCUT2D eigenvalue weighted by Crippen LogP contribution is 2.24. The van der Waals surface area contributed by atoms with Gasteiger partial charge >= 0.3 is 0 Å². The average Bonchev–Trinajstić information content (AvgIpc) is 2.98. The Balaban J connectivity index is 1.87. The first-order chi connectivity index (χ1) is 11.7. The maximum atomic E-state index is 4.62. The molecule has 2 aromatic heterocycles. The molecule has 126 valence electrons. The van der Waals surface area contributed by atoms with Crippen LogP contribution in [0.15, 0.2) is 36.5 Å². The molecule has 0 saturated heterocycles. The van der Waals surface area contributed by atoms with Crippen molar-refractivity contribution < 1.29 is 0 Å². The van der Waals surface area contributed by atoms with Crippen molar-refractivity contribution in [3.05, 3.63) is 42.1 Å². The number of H-pyrrole nitrogens is 1. The van der Waals surface area contributed by atoms with E-state index in [-0.39, 0.29) is 0 Å². The quantitative estimate of drug-likeness (QED) is 0.665. The Morgan fingerprint density at radius 3 is 2.62 bits per heavy atom. The molecule has 3 rings (SSSR count). The number of aromatic amines is 1. The highest BCUT2D eigenvalue weighted by Gasteiger charge is 2.09. The van der Waals surface area contributed by atoms with Crippen molar-refractivity contribution in [1.82, 2.24) is 15.0 Å². The molecule has 0 radical (unpaired) electrons. The lowest BCUT2D eigenvalue weighted by atomic mass is 10.2. The fourth-order valence-corrected chi connectivity index (χ4v) is 2.89. The summed E-state index contributed by atoms with van der Waals surface area (Å²) in [4.78, 5) is 14.8. The van der Waals surface area contributed by atoms with Crippen molar-refractivity contribution in [3.8, 4) is 0 Å². The van der Waals surface area contributed by atoms with Crippen molar-refractivity contribution in [2.24, 2.45) is 0 Å². The molecule has 2 heterocycles. The molecule has 0 aliphatic rings. The van der Waals surface area contributed by atoms with Gasteiger partial charge in [0.25, 0.3) is 0 Å². The SMILES string of the molecule is CCCN(CCC)c1ccc2nc(Nc3ncccc3C)[nH]c2c1. The number of nitrogens with zero attached hydrogens (tertiary/aromatic N) is 3. The molecule has 5 nitrogen and oxygen atoms in total. The van der Waals surface area contributed by atoms with E-state index in [2.05, 4.69) is 57.2 Å². The Bertz CT molecular complexity index is 802. The van der Waals surface area contributed by atoms with Crippen LogP contribution in [0.1, 0.15) is 32.3 Å². The summed E-state index contributed by atoms with van der Waals surface area (Å²) in [5, 5.41) is 3.27. The molecule has 0 spiro atoms. The minimum atomic E-state index is 0.724. The van der Waals surface area contributed by atoms with E-state index in [1.807, 2.05) is 19.1 Å². The van der Waals surface area contributed by atoms with Crippen LogP contribution in [0.5, 0.6) is 0 Å². The highest BCUT2D eigenvalue weighted by atomic mass is 15.2. The van der Waals surface area contributed by atoms with Gasteiger partial charge in [0.1, 0.15) is 5.82 Å². The van der Waals surface area contributed by atoms with Crippen LogP contribution in [0, 0.1) is 6.92 Å². The van der Waals surface area contributed by atoms with Gasteiger partial charge in [0, 0.05) is 25.0 Å². The molecule has 5 heteroatoms. The van der Waals surface area contributed by atoms with E-state index in [9.17, 15) is 0 Å². The molecule has 2 N–H and O–H groups in total. The third-order valence-corrected chi connectivity index (χ3v) is 4.06. The van der Waals surface area contributed by atoms with Crippen molar-refractivity contribution in [1.29, 1.82) is 0 Å². The van der Waals surface area contributed by atoms with Crippen molar-refractivity contribution in [2.75, 3.05) is 23.3 Å². The number of imidazole rings is 1. The molecule has 24 heavy (non-hydrogen) atoms. The summed E-state index contributed by atoms with van der Waals surface area (Å²) in [5.74, 6) is 1.55. The standard InChI is InChI=1S/C19H25N5/c1-4-11-24(12-5-2)15-8-9-16-17(13-15)22-19(21-16)23-18-14(3)7-6-10-20-18/h6-10,13H,4-5,11-12H2,1-3H3,(H2,20,21,22,23). The zero-order valence-electron chi connectivity index (χ0n) is 14.6. The van der Waals surface area contributed by atoms with Crippen LogP contribution < -0.4 is 10.2 Å². The second kappa shape index (κ2) is 7.34. The Morgan fingerprint density at radius 2 is 1.92 bits per heavy atom. The maximum absolute atomic E-state index is 4.62. The number of rotatable bonds is 7. The summed E-state index contributed by atoms with van der Waals surface area (Å²) in [6, 6.07) is 10.4. The van der Waals surface area contributed by atoms with E-state index in [0.29, 0.717) is 0 Å². The highest BCUT2D eigenvalue weighted by molar-refractivity contribution is 5.82. The van der Waals surface area contributed by atoms with Gasteiger partial charge in [-0.15, -0.1) is 0 Å². The van der Waals surface area contributed by atoms with Crippen LogP contribution >= 0.6 is 0 Å². The summed E-state index contributed by atoms with van der Waals surface area (Å²) in [5.41, 5.74) is 4.34. The number of hydrogen-bond acceptors (Lipinski definition) is 4. The number of fused-ring (bicyclic) bond motifs is 1. The third-order valence-electron chi connectivity index (χ3n) is 4.06. The lowest BCUT2D eigenvalue weighted by molar-refractivity contribution is 0.745. The van der Waals surface area contributed by atoms with Crippen LogP contribution in [0.25, 0.3) is 11.0 Å². The number of benzene rings is 1. The second-order valence-electron chi connectivity index (χ2n) is 6.07. The number of nitrogens with one attached hydrogen (secondary N) is 2. The van der Waals surface area contributed by atoms with Crippen molar-refractivity contribution >= 4 is 28.5 Å². The van der Waals surface area contributed by atoms with Crippen molar-refractivity contribution in [2.45, 2.75) is 33.6 Å². The van der Waals surface area contributed by atoms with Gasteiger partial charge in [-0.2, -0.15) is 0 Å². The molecule has 0 unspecified atom stereocenters. The summed E-state index contributed by atoms with van der Waals surface area (Å²) < 4.78 is 0. The van der Waals surface area contributed by atoms with E-state index in [1.54, 1.807) is 6.20 Å². The minimum Gasteiger partial charge on any atom is -0.371 e. The Labute approximate surface area is 143 Å².